The number of aromatic nitrogens is 2. The molecule has 0 unspecified atom stereocenters. The predicted molar refractivity (Wildman–Crippen MR) is 119 cm³/mol. The maximum absolute atomic E-state index is 13.3. The Balaban J connectivity index is 1.56. The highest BCUT2D eigenvalue weighted by Crippen LogP contribution is 2.27. The number of nitrogens with one attached hydrogen (secondary N) is 1. The van der Waals surface area contributed by atoms with Crippen LogP contribution in [0.25, 0.3) is 22.5 Å². The molecule has 3 aromatic carbocycles. The predicted octanol–water partition coefficient (Wildman–Crippen LogP) is 5.68. The minimum Gasteiger partial charge on any atom is -0.325 e. The molecule has 4 nitrogen and oxygen atoms in total. The van der Waals surface area contributed by atoms with Crippen molar-refractivity contribution in [1.82, 2.24) is 9.97 Å². The Hall–Kier alpha value is -3.51. The minimum atomic E-state index is -0.396. The van der Waals surface area contributed by atoms with Gasteiger partial charge in [-0.25, -0.2) is 14.4 Å². The monoisotopic (exact) mass is 415 g/mol. The van der Waals surface area contributed by atoms with Crippen LogP contribution >= 0.6 is 11.8 Å². The molecule has 1 N–H and O–H groups in total. The van der Waals surface area contributed by atoms with Gasteiger partial charge in [0.05, 0.1) is 17.1 Å². The molecule has 0 aliphatic heterocycles. The van der Waals surface area contributed by atoms with E-state index in [1.807, 2.05) is 66.7 Å². The van der Waals surface area contributed by atoms with Crippen LogP contribution in [-0.4, -0.2) is 21.6 Å². The molecule has 0 aliphatic carbocycles. The van der Waals surface area contributed by atoms with Gasteiger partial charge in [0.25, 0.3) is 0 Å². The third kappa shape index (κ3) is 5.10. The van der Waals surface area contributed by atoms with Crippen LogP contribution in [0, 0.1) is 5.82 Å². The van der Waals surface area contributed by atoms with Crippen LogP contribution in [0.5, 0.6) is 0 Å². The molecule has 6 heteroatoms. The molecule has 30 heavy (non-hydrogen) atoms. The molecule has 0 radical (unpaired) electrons. The van der Waals surface area contributed by atoms with Crippen LogP contribution in [0.4, 0.5) is 10.1 Å². The van der Waals surface area contributed by atoms with Gasteiger partial charge >= 0.3 is 0 Å². The van der Waals surface area contributed by atoms with Gasteiger partial charge in [0.15, 0.2) is 5.16 Å². The molecule has 1 amide bonds. The van der Waals surface area contributed by atoms with E-state index in [0.717, 1.165) is 22.5 Å². The SMILES string of the molecule is O=C(CSc1nc(-c2ccccc2)cc(-c2ccccc2)n1)Nc1cccc(F)c1. The number of thioether (sulfide) groups is 1. The van der Waals surface area contributed by atoms with Crippen molar-refractivity contribution in [2.75, 3.05) is 11.1 Å². The fourth-order valence-corrected chi connectivity index (χ4v) is 3.55. The van der Waals surface area contributed by atoms with E-state index in [2.05, 4.69) is 15.3 Å². The molecule has 148 valence electrons. The van der Waals surface area contributed by atoms with E-state index in [4.69, 9.17) is 0 Å². The first-order valence-corrected chi connectivity index (χ1v) is 10.3. The molecule has 0 atom stereocenters. The lowest BCUT2D eigenvalue weighted by Gasteiger charge is -2.09. The number of carbonyl (C=O) groups is 1. The van der Waals surface area contributed by atoms with Gasteiger partial charge in [0, 0.05) is 16.8 Å². The molecule has 0 saturated heterocycles. The summed E-state index contributed by atoms with van der Waals surface area (Å²) in [5.74, 6) is -0.532. The number of carbonyl (C=O) groups excluding carboxylic acids is 1. The largest absolute Gasteiger partial charge is 0.325 e. The van der Waals surface area contributed by atoms with Crippen LogP contribution < -0.4 is 5.32 Å². The summed E-state index contributed by atoms with van der Waals surface area (Å²) in [5.41, 5.74) is 3.95. The van der Waals surface area contributed by atoms with Crippen molar-refractivity contribution < 1.29 is 9.18 Å². The zero-order valence-electron chi connectivity index (χ0n) is 16.0. The molecule has 0 bridgehead atoms. The second-order valence-corrected chi connectivity index (χ2v) is 7.44. The fourth-order valence-electron chi connectivity index (χ4n) is 2.90. The first kappa shape index (κ1) is 19.8. The Kier molecular flexibility index (Phi) is 6.15. The van der Waals surface area contributed by atoms with Gasteiger partial charge in [-0.1, -0.05) is 78.5 Å². The number of anilines is 1. The summed E-state index contributed by atoms with van der Waals surface area (Å²) in [5, 5.41) is 3.19. The molecule has 0 saturated carbocycles. The van der Waals surface area contributed by atoms with Crippen molar-refractivity contribution in [2.45, 2.75) is 5.16 Å². The number of hydrogen-bond donors (Lipinski definition) is 1. The zero-order chi connectivity index (χ0) is 20.8. The number of benzene rings is 3. The Morgan fingerprint density at radius 2 is 1.40 bits per heavy atom. The van der Waals surface area contributed by atoms with Crippen molar-refractivity contribution in [3.05, 3.63) is 96.8 Å². The molecule has 1 heterocycles. The van der Waals surface area contributed by atoms with Crippen LogP contribution in [0.3, 0.4) is 0 Å². The van der Waals surface area contributed by atoms with E-state index >= 15 is 0 Å². The number of rotatable bonds is 6. The molecular formula is C24H18FN3OS. The number of amides is 1. The summed E-state index contributed by atoms with van der Waals surface area (Å²) >= 11 is 1.24. The molecule has 4 aromatic rings. The molecular weight excluding hydrogens is 397 g/mol. The highest BCUT2D eigenvalue weighted by Gasteiger charge is 2.11. The van der Waals surface area contributed by atoms with E-state index in [-0.39, 0.29) is 11.7 Å². The first-order valence-electron chi connectivity index (χ1n) is 9.35. The standard InChI is InChI=1S/C24H18FN3OS/c25-19-12-7-13-20(14-19)26-23(29)16-30-24-27-21(17-8-3-1-4-9-17)15-22(28-24)18-10-5-2-6-11-18/h1-15H,16H2,(H,26,29). The summed E-state index contributed by atoms with van der Waals surface area (Å²) in [6, 6.07) is 27.4. The summed E-state index contributed by atoms with van der Waals surface area (Å²) < 4.78 is 13.3. The van der Waals surface area contributed by atoms with E-state index in [9.17, 15) is 9.18 Å². The van der Waals surface area contributed by atoms with Crippen molar-refractivity contribution in [3.63, 3.8) is 0 Å². The Labute approximate surface area is 178 Å². The minimum absolute atomic E-state index is 0.114. The first-order chi connectivity index (χ1) is 14.7. The number of halogens is 1. The van der Waals surface area contributed by atoms with Gasteiger partial charge in [-0.2, -0.15) is 0 Å². The molecule has 0 aliphatic rings. The fraction of sp³-hybridized carbons (Fsp3) is 0.0417. The van der Waals surface area contributed by atoms with E-state index in [1.165, 1.54) is 23.9 Å². The Morgan fingerprint density at radius 3 is 1.97 bits per heavy atom. The van der Waals surface area contributed by atoms with Crippen molar-refractivity contribution in [2.24, 2.45) is 0 Å². The van der Waals surface area contributed by atoms with Crippen molar-refractivity contribution in [1.29, 1.82) is 0 Å². The van der Waals surface area contributed by atoms with Crippen LogP contribution in [-0.2, 0) is 4.79 Å². The maximum atomic E-state index is 13.3. The van der Waals surface area contributed by atoms with Gasteiger partial charge in [-0.15, -0.1) is 0 Å². The van der Waals surface area contributed by atoms with Gasteiger partial charge in [-0.3, -0.25) is 4.79 Å². The smallest absolute Gasteiger partial charge is 0.234 e. The Morgan fingerprint density at radius 1 is 0.800 bits per heavy atom. The lowest BCUT2D eigenvalue weighted by Crippen LogP contribution is -2.14. The van der Waals surface area contributed by atoms with Crippen molar-refractivity contribution >= 4 is 23.4 Å². The summed E-state index contributed by atoms with van der Waals surface area (Å²) in [6.45, 7) is 0. The zero-order valence-corrected chi connectivity index (χ0v) is 16.8. The summed E-state index contributed by atoms with van der Waals surface area (Å²) in [7, 11) is 0. The average molecular weight is 415 g/mol. The van der Waals surface area contributed by atoms with Crippen LogP contribution in [0.1, 0.15) is 0 Å². The lowest BCUT2D eigenvalue weighted by molar-refractivity contribution is -0.113. The summed E-state index contributed by atoms with van der Waals surface area (Å²) in [6.07, 6.45) is 0. The quantitative estimate of drug-likeness (QED) is 0.325. The normalized spacial score (nSPS) is 10.6. The van der Waals surface area contributed by atoms with Crippen LogP contribution in [0.15, 0.2) is 96.2 Å². The van der Waals surface area contributed by atoms with E-state index in [1.54, 1.807) is 12.1 Å². The van der Waals surface area contributed by atoms with Gasteiger partial charge in [0.2, 0.25) is 5.91 Å². The van der Waals surface area contributed by atoms with Crippen molar-refractivity contribution in [3.8, 4) is 22.5 Å². The van der Waals surface area contributed by atoms with Crippen LogP contribution in [0.2, 0.25) is 0 Å². The number of nitrogens with zero attached hydrogens (tertiary/aromatic N) is 2. The number of hydrogen-bond acceptors (Lipinski definition) is 4. The molecule has 0 spiro atoms. The summed E-state index contributed by atoms with van der Waals surface area (Å²) in [4.78, 5) is 21.6. The average Bonchev–Trinajstić information content (AvgIpc) is 2.79. The highest BCUT2D eigenvalue weighted by molar-refractivity contribution is 7.99. The molecule has 4 rings (SSSR count). The van der Waals surface area contributed by atoms with Gasteiger partial charge < -0.3 is 5.32 Å². The lowest BCUT2D eigenvalue weighted by atomic mass is 10.1. The third-order valence-corrected chi connectivity index (χ3v) is 5.13. The highest BCUT2D eigenvalue weighted by atomic mass is 32.2. The topological polar surface area (TPSA) is 54.9 Å². The third-order valence-electron chi connectivity index (χ3n) is 4.29. The second kappa shape index (κ2) is 9.33. The molecule has 0 fully saturated rings. The second-order valence-electron chi connectivity index (χ2n) is 6.50. The van der Waals surface area contributed by atoms with E-state index < -0.39 is 5.82 Å². The van der Waals surface area contributed by atoms with Gasteiger partial charge in [0.1, 0.15) is 5.82 Å². The maximum Gasteiger partial charge on any atom is 0.234 e. The van der Waals surface area contributed by atoms with E-state index in [0.29, 0.717) is 10.8 Å². The van der Waals surface area contributed by atoms with Gasteiger partial charge in [-0.05, 0) is 24.3 Å². The Bertz CT molecular complexity index is 1100. The molecule has 1 aromatic heterocycles.